The van der Waals surface area contributed by atoms with Crippen LogP contribution in [0, 0.1) is 6.92 Å². The van der Waals surface area contributed by atoms with Crippen molar-refractivity contribution in [3.05, 3.63) is 39.8 Å². The summed E-state index contributed by atoms with van der Waals surface area (Å²) in [5.74, 6) is 2.62. The maximum atomic E-state index is 6.20. The fourth-order valence-corrected chi connectivity index (χ4v) is 2.47. The summed E-state index contributed by atoms with van der Waals surface area (Å²) >= 11 is 12.3. The number of hydrogen-bond donors (Lipinski definition) is 1. The van der Waals surface area contributed by atoms with Crippen LogP contribution in [0.25, 0.3) is 0 Å². The van der Waals surface area contributed by atoms with Gasteiger partial charge in [-0.3, -0.25) is 0 Å². The third-order valence-electron chi connectivity index (χ3n) is 3.46. The normalized spacial score (nSPS) is 14.1. The lowest BCUT2D eigenvalue weighted by atomic mass is 10.2. The summed E-state index contributed by atoms with van der Waals surface area (Å²) in [4.78, 5) is 8.93. The van der Waals surface area contributed by atoms with Crippen LogP contribution in [0.1, 0.15) is 30.1 Å². The molecule has 1 saturated carbocycles. The van der Waals surface area contributed by atoms with Crippen LogP contribution in [0.2, 0.25) is 10.2 Å². The minimum Gasteiger partial charge on any atom is -0.495 e. The molecule has 3 rings (SSSR count). The number of benzene rings is 1. The Labute approximate surface area is 133 Å². The lowest BCUT2D eigenvalue weighted by Crippen LogP contribution is -2.03. The Kier molecular flexibility index (Phi) is 3.91. The van der Waals surface area contributed by atoms with Crippen LogP contribution in [0.15, 0.2) is 18.2 Å². The fraction of sp³-hybridized carbons (Fsp3) is 0.333. The number of nitrogens with zero attached hydrogens (tertiary/aromatic N) is 2. The minimum absolute atomic E-state index is 0.447. The standard InChI is InChI=1S/C15H15Cl2N3O/c1-8-13(17)19-15(9-3-4-9)20-14(8)18-10-5-6-12(21-2)11(16)7-10/h5-7,9H,3-4H2,1-2H3,(H,18,19,20). The average Bonchev–Trinajstić information content (AvgIpc) is 3.28. The highest BCUT2D eigenvalue weighted by atomic mass is 35.5. The SMILES string of the molecule is COc1ccc(Nc2nc(C3CC3)nc(Cl)c2C)cc1Cl. The summed E-state index contributed by atoms with van der Waals surface area (Å²) in [5, 5.41) is 4.29. The molecule has 2 aromatic rings. The van der Waals surface area contributed by atoms with Crippen molar-refractivity contribution in [1.82, 2.24) is 9.97 Å². The first-order chi connectivity index (χ1) is 10.1. The molecule has 0 bridgehead atoms. The van der Waals surface area contributed by atoms with Crippen molar-refractivity contribution in [2.45, 2.75) is 25.7 Å². The van der Waals surface area contributed by atoms with Crippen molar-refractivity contribution in [1.29, 1.82) is 0 Å². The quantitative estimate of drug-likeness (QED) is 0.827. The van der Waals surface area contributed by atoms with Crippen molar-refractivity contribution in [3.8, 4) is 5.75 Å². The van der Waals surface area contributed by atoms with E-state index in [0.29, 0.717) is 21.8 Å². The molecule has 110 valence electrons. The maximum Gasteiger partial charge on any atom is 0.138 e. The van der Waals surface area contributed by atoms with Crippen LogP contribution in [0.4, 0.5) is 11.5 Å². The van der Waals surface area contributed by atoms with Gasteiger partial charge < -0.3 is 10.1 Å². The average molecular weight is 324 g/mol. The van der Waals surface area contributed by atoms with E-state index in [1.54, 1.807) is 13.2 Å². The van der Waals surface area contributed by atoms with E-state index >= 15 is 0 Å². The molecular formula is C15H15Cl2N3O. The van der Waals surface area contributed by atoms with Gasteiger partial charge in [0.05, 0.1) is 12.1 Å². The summed E-state index contributed by atoms with van der Waals surface area (Å²) in [5.41, 5.74) is 1.66. The van der Waals surface area contributed by atoms with Gasteiger partial charge in [-0.25, -0.2) is 9.97 Å². The van der Waals surface area contributed by atoms with Crippen molar-refractivity contribution in [2.24, 2.45) is 0 Å². The summed E-state index contributed by atoms with van der Waals surface area (Å²) in [6.07, 6.45) is 2.26. The number of methoxy groups -OCH3 is 1. The van der Waals surface area contributed by atoms with Crippen LogP contribution >= 0.6 is 23.2 Å². The number of anilines is 2. The Bertz CT molecular complexity index is 687. The van der Waals surface area contributed by atoms with Crippen molar-refractivity contribution in [2.75, 3.05) is 12.4 Å². The van der Waals surface area contributed by atoms with Gasteiger partial charge in [-0.15, -0.1) is 0 Å². The summed E-state index contributed by atoms with van der Waals surface area (Å²) in [6, 6.07) is 5.49. The molecule has 0 radical (unpaired) electrons. The van der Waals surface area contributed by atoms with Gasteiger partial charge in [-0.2, -0.15) is 0 Å². The summed E-state index contributed by atoms with van der Waals surface area (Å²) < 4.78 is 5.15. The molecule has 4 nitrogen and oxygen atoms in total. The minimum atomic E-state index is 0.447. The van der Waals surface area contributed by atoms with E-state index in [1.807, 2.05) is 19.1 Å². The zero-order valence-electron chi connectivity index (χ0n) is 11.8. The molecule has 21 heavy (non-hydrogen) atoms. The molecule has 0 saturated heterocycles. The molecule has 0 aliphatic heterocycles. The molecule has 0 atom stereocenters. The van der Waals surface area contributed by atoms with Gasteiger partial charge in [0.2, 0.25) is 0 Å². The van der Waals surface area contributed by atoms with Crippen LogP contribution in [0.3, 0.4) is 0 Å². The maximum absolute atomic E-state index is 6.20. The van der Waals surface area contributed by atoms with Gasteiger partial charge in [0, 0.05) is 17.2 Å². The van der Waals surface area contributed by atoms with Crippen molar-refractivity contribution >= 4 is 34.7 Å². The van der Waals surface area contributed by atoms with Crippen LogP contribution in [-0.4, -0.2) is 17.1 Å². The Balaban J connectivity index is 1.91. The Morgan fingerprint density at radius 3 is 2.62 bits per heavy atom. The largest absolute Gasteiger partial charge is 0.495 e. The Morgan fingerprint density at radius 1 is 1.24 bits per heavy atom. The van der Waals surface area contributed by atoms with E-state index in [2.05, 4.69) is 15.3 Å². The third kappa shape index (κ3) is 3.06. The van der Waals surface area contributed by atoms with Gasteiger partial charge in [0.15, 0.2) is 0 Å². The van der Waals surface area contributed by atoms with Crippen molar-refractivity contribution in [3.63, 3.8) is 0 Å². The predicted molar refractivity (Wildman–Crippen MR) is 85.0 cm³/mol. The van der Waals surface area contributed by atoms with Crippen LogP contribution < -0.4 is 10.1 Å². The molecule has 0 unspecified atom stereocenters. The molecule has 1 aromatic heterocycles. The molecule has 1 fully saturated rings. The van der Waals surface area contributed by atoms with E-state index in [9.17, 15) is 0 Å². The topological polar surface area (TPSA) is 47.0 Å². The molecule has 1 heterocycles. The van der Waals surface area contributed by atoms with Gasteiger partial charge in [0.25, 0.3) is 0 Å². The fourth-order valence-electron chi connectivity index (χ4n) is 2.03. The lowest BCUT2D eigenvalue weighted by Gasteiger charge is -2.12. The highest BCUT2D eigenvalue weighted by Crippen LogP contribution is 2.40. The van der Waals surface area contributed by atoms with Crippen molar-refractivity contribution < 1.29 is 4.74 Å². The molecule has 0 amide bonds. The van der Waals surface area contributed by atoms with Gasteiger partial charge in [-0.1, -0.05) is 23.2 Å². The first kappa shape index (κ1) is 14.4. The first-order valence-electron chi connectivity index (χ1n) is 6.73. The van der Waals surface area contributed by atoms with E-state index in [-0.39, 0.29) is 0 Å². The molecule has 1 aromatic carbocycles. The Morgan fingerprint density at radius 2 is 2.00 bits per heavy atom. The van der Waals surface area contributed by atoms with E-state index in [0.717, 1.165) is 35.7 Å². The van der Waals surface area contributed by atoms with E-state index in [4.69, 9.17) is 27.9 Å². The monoisotopic (exact) mass is 323 g/mol. The molecule has 6 heteroatoms. The zero-order chi connectivity index (χ0) is 15.0. The van der Waals surface area contributed by atoms with E-state index < -0.39 is 0 Å². The second kappa shape index (κ2) is 5.70. The van der Waals surface area contributed by atoms with Gasteiger partial charge >= 0.3 is 0 Å². The van der Waals surface area contributed by atoms with Crippen LogP contribution in [0.5, 0.6) is 5.75 Å². The first-order valence-corrected chi connectivity index (χ1v) is 7.48. The van der Waals surface area contributed by atoms with E-state index in [1.165, 1.54) is 0 Å². The smallest absolute Gasteiger partial charge is 0.138 e. The number of aromatic nitrogens is 2. The lowest BCUT2D eigenvalue weighted by molar-refractivity contribution is 0.415. The molecular weight excluding hydrogens is 309 g/mol. The van der Waals surface area contributed by atoms with Gasteiger partial charge in [-0.05, 0) is 38.0 Å². The number of halogens is 2. The predicted octanol–water partition coefficient (Wildman–Crippen LogP) is 4.72. The number of hydrogen-bond acceptors (Lipinski definition) is 4. The number of ether oxygens (including phenoxy) is 1. The number of nitrogens with one attached hydrogen (secondary N) is 1. The Hall–Kier alpha value is -1.52. The highest BCUT2D eigenvalue weighted by molar-refractivity contribution is 6.32. The highest BCUT2D eigenvalue weighted by Gasteiger charge is 2.28. The summed E-state index contributed by atoms with van der Waals surface area (Å²) in [6.45, 7) is 1.90. The second-order valence-corrected chi connectivity index (χ2v) is 5.86. The zero-order valence-corrected chi connectivity index (χ0v) is 13.3. The second-order valence-electron chi connectivity index (χ2n) is 5.09. The van der Waals surface area contributed by atoms with Gasteiger partial charge in [0.1, 0.15) is 22.5 Å². The molecule has 1 aliphatic carbocycles. The third-order valence-corrected chi connectivity index (χ3v) is 4.12. The molecule has 1 N–H and O–H groups in total. The molecule has 0 spiro atoms. The summed E-state index contributed by atoms with van der Waals surface area (Å²) in [7, 11) is 1.59. The van der Waals surface area contributed by atoms with Crippen LogP contribution in [-0.2, 0) is 0 Å². The molecule has 1 aliphatic rings. The number of rotatable bonds is 4.